The SMILES string of the molecule is CC(C)CCC[C@@H](C)[C@H]1CC[C@H]2[C@@H]3CCC4C[C@@H](CCC=C(c5cc(Cl)c(OCc6ccccc6[N+](=O)[O-])c(C(=O)[O-])c5)c5cc(Cl)c(OCc6ccccc6[N+](=O)[O-])c(C(=O)[O-])c5)CC[C@]4(C)[C@H]3CC[C@]12C.[Na+].[Na+]. The molecule has 0 bridgehead atoms. The maximum Gasteiger partial charge on any atom is 1.00 e. The molecule has 0 spiro atoms. The van der Waals surface area contributed by atoms with Crippen molar-refractivity contribution in [2.24, 2.45) is 58.2 Å². The van der Waals surface area contributed by atoms with Crippen LogP contribution in [0.15, 0.2) is 78.9 Å². The van der Waals surface area contributed by atoms with E-state index < -0.39 is 32.9 Å². The Morgan fingerprint density at radius 3 is 1.75 bits per heavy atom. The van der Waals surface area contributed by atoms with Gasteiger partial charge in [0.1, 0.15) is 24.7 Å². The number of rotatable bonds is 20. The Morgan fingerprint density at radius 2 is 1.23 bits per heavy atom. The van der Waals surface area contributed by atoms with Crippen LogP contribution in [0.5, 0.6) is 11.5 Å². The van der Waals surface area contributed by atoms with Gasteiger partial charge in [0.2, 0.25) is 0 Å². The van der Waals surface area contributed by atoms with Gasteiger partial charge in [0, 0.05) is 23.3 Å². The standard InChI is InChI=1S/C59H70Cl2N2O10.2Na/c1-35(2)12-10-13-36(3)47-22-23-48-44-21-20-42-28-37(24-26-58(42,4)49(44)25-27-59(47,48)5)14-11-17-43(40-29-45(56(64)65)54(50(60)31-40)72-33-38-15-6-8-18-52(38)62(68)69)41-30-46(57(66)67)55(51(61)32-41)73-34-39-16-7-9-19-53(39)63(70)71;;/h6-9,15-19,29-32,35-37,42,44,47-49H,10-14,20-28,33-34H2,1-5H3,(H,64,65)(H,66,67);;/q;2*+1/p-2/t36-,37+,42?,44+,47-,48+,49+,58+,59-;;/m1../s1. The molecule has 8 rings (SSSR count). The van der Waals surface area contributed by atoms with Crippen molar-refractivity contribution in [1.82, 2.24) is 0 Å². The molecule has 390 valence electrons. The van der Waals surface area contributed by atoms with Crippen molar-refractivity contribution in [3.8, 4) is 11.5 Å². The molecule has 4 aromatic carbocycles. The number of para-hydroxylation sites is 2. The second-order valence-electron chi connectivity index (χ2n) is 22.6. The molecule has 4 aliphatic carbocycles. The number of hydrogen-bond donors (Lipinski definition) is 0. The first-order valence-corrected chi connectivity index (χ1v) is 27.1. The van der Waals surface area contributed by atoms with Crippen molar-refractivity contribution in [2.45, 2.75) is 138 Å². The van der Waals surface area contributed by atoms with Crippen molar-refractivity contribution in [1.29, 1.82) is 0 Å². The minimum atomic E-state index is -1.62. The van der Waals surface area contributed by atoms with Crippen molar-refractivity contribution >= 4 is 52.1 Å². The van der Waals surface area contributed by atoms with Gasteiger partial charge in [-0.05, 0) is 182 Å². The fourth-order valence-electron chi connectivity index (χ4n) is 14.5. The Bertz CT molecular complexity index is 2640. The minimum Gasteiger partial charge on any atom is -0.545 e. The maximum atomic E-state index is 12.8. The van der Waals surface area contributed by atoms with Gasteiger partial charge >= 0.3 is 59.1 Å². The number of hydrogen-bond acceptors (Lipinski definition) is 10. The summed E-state index contributed by atoms with van der Waals surface area (Å²) in [7, 11) is 0. The van der Waals surface area contributed by atoms with E-state index in [4.69, 9.17) is 32.7 Å². The Morgan fingerprint density at radius 1 is 0.707 bits per heavy atom. The molecule has 9 atom stereocenters. The van der Waals surface area contributed by atoms with Crippen LogP contribution in [0.25, 0.3) is 5.57 Å². The second-order valence-corrected chi connectivity index (χ2v) is 23.4. The predicted octanol–water partition coefficient (Wildman–Crippen LogP) is 7.65. The Labute approximate surface area is 496 Å². The molecule has 4 aliphatic rings. The molecule has 4 fully saturated rings. The van der Waals surface area contributed by atoms with Crippen LogP contribution in [0.4, 0.5) is 11.4 Å². The van der Waals surface area contributed by atoms with Gasteiger partial charge in [-0.2, -0.15) is 0 Å². The van der Waals surface area contributed by atoms with Gasteiger partial charge < -0.3 is 29.3 Å². The molecule has 0 aliphatic heterocycles. The third-order valence-corrected chi connectivity index (χ3v) is 18.7. The smallest absolute Gasteiger partial charge is 0.545 e. The van der Waals surface area contributed by atoms with E-state index in [2.05, 4.69) is 34.6 Å². The molecule has 4 saturated carbocycles. The second kappa shape index (κ2) is 26.0. The summed E-state index contributed by atoms with van der Waals surface area (Å²) in [6, 6.07) is 17.5. The zero-order valence-corrected chi connectivity index (χ0v) is 50.2. The molecule has 75 heavy (non-hydrogen) atoms. The molecular weight excluding hydrogens is 1010 g/mol. The summed E-state index contributed by atoms with van der Waals surface area (Å²) in [6.45, 7) is 11.7. The molecular formula is C59H68Cl2N2Na2O10. The fraction of sp³-hybridized carbons (Fsp3) is 0.525. The summed E-state index contributed by atoms with van der Waals surface area (Å²) in [5.74, 6) is 2.08. The van der Waals surface area contributed by atoms with E-state index in [9.17, 15) is 40.0 Å². The molecule has 0 aromatic heterocycles. The third kappa shape index (κ3) is 13.2. The van der Waals surface area contributed by atoms with Crippen LogP contribution < -0.4 is 78.8 Å². The normalized spacial score (nSPS) is 25.0. The number of nitro groups is 2. The number of carbonyl (C=O) groups excluding carboxylic acids is 2. The Balaban J connectivity index is 0.00000457. The average molecular weight is 1080 g/mol. The van der Waals surface area contributed by atoms with Crippen molar-refractivity contribution in [2.75, 3.05) is 0 Å². The number of aromatic carboxylic acids is 2. The molecule has 16 heteroatoms. The van der Waals surface area contributed by atoms with Gasteiger partial charge in [0.25, 0.3) is 11.4 Å². The van der Waals surface area contributed by atoms with Gasteiger partial charge in [0.05, 0.1) is 43.0 Å². The van der Waals surface area contributed by atoms with Crippen LogP contribution in [0.1, 0.15) is 167 Å². The van der Waals surface area contributed by atoms with Gasteiger partial charge in [-0.3, -0.25) is 20.2 Å². The fourth-order valence-corrected chi connectivity index (χ4v) is 15.1. The monoisotopic (exact) mass is 1080 g/mol. The zero-order valence-electron chi connectivity index (χ0n) is 44.7. The van der Waals surface area contributed by atoms with Crippen LogP contribution in [0, 0.1) is 78.4 Å². The maximum absolute atomic E-state index is 12.8. The van der Waals surface area contributed by atoms with Gasteiger partial charge in [-0.25, -0.2) is 0 Å². The average Bonchev–Trinajstić information content (AvgIpc) is 3.71. The van der Waals surface area contributed by atoms with Crippen LogP contribution >= 0.6 is 23.2 Å². The Kier molecular flexibility index (Phi) is 21.1. The first-order valence-electron chi connectivity index (χ1n) is 26.3. The first kappa shape index (κ1) is 60.8. The van der Waals surface area contributed by atoms with Crippen molar-refractivity contribution in [3.63, 3.8) is 0 Å². The van der Waals surface area contributed by atoms with E-state index in [-0.39, 0.29) is 116 Å². The summed E-state index contributed by atoms with van der Waals surface area (Å²) in [5, 5.41) is 48.9. The van der Waals surface area contributed by atoms with E-state index in [1.807, 2.05) is 6.08 Å². The van der Waals surface area contributed by atoms with E-state index in [1.54, 1.807) is 12.1 Å². The van der Waals surface area contributed by atoms with Crippen LogP contribution in [0.2, 0.25) is 10.0 Å². The third-order valence-electron chi connectivity index (χ3n) is 18.2. The molecule has 0 N–H and O–H groups in total. The Hall–Kier alpha value is -3.46. The van der Waals surface area contributed by atoms with E-state index in [1.165, 1.54) is 125 Å². The predicted molar refractivity (Wildman–Crippen MR) is 279 cm³/mol. The van der Waals surface area contributed by atoms with E-state index in [0.29, 0.717) is 45.8 Å². The molecule has 1 unspecified atom stereocenters. The molecule has 0 amide bonds. The topological polar surface area (TPSA) is 185 Å². The minimum absolute atomic E-state index is 0. The largest absolute Gasteiger partial charge is 1.00 e. The number of nitro benzene ring substituents is 2. The summed E-state index contributed by atoms with van der Waals surface area (Å²) >= 11 is 13.7. The van der Waals surface area contributed by atoms with Gasteiger partial charge in [0.15, 0.2) is 0 Å². The van der Waals surface area contributed by atoms with Crippen molar-refractivity contribution < 1.29 is 98.2 Å². The van der Waals surface area contributed by atoms with Crippen LogP contribution in [-0.4, -0.2) is 21.8 Å². The summed E-state index contributed by atoms with van der Waals surface area (Å²) in [5.41, 5.74) is 0.918. The first-order chi connectivity index (χ1) is 34.8. The number of carboxylic acids is 2. The van der Waals surface area contributed by atoms with Gasteiger partial charge in [-0.1, -0.05) is 107 Å². The number of nitrogens with zero attached hydrogens (tertiary/aromatic N) is 2. The number of fused-ring (bicyclic) bond motifs is 5. The van der Waals surface area contributed by atoms with Crippen LogP contribution in [-0.2, 0) is 13.2 Å². The molecule has 0 saturated heterocycles. The number of allylic oxidation sites excluding steroid dienone is 1. The quantitative estimate of drug-likeness (QED) is 0.0484. The van der Waals surface area contributed by atoms with E-state index in [0.717, 1.165) is 54.8 Å². The molecule has 0 radical (unpaired) electrons. The number of ether oxygens (including phenoxy) is 2. The van der Waals surface area contributed by atoms with Gasteiger partial charge in [-0.15, -0.1) is 0 Å². The van der Waals surface area contributed by atoms with Crippen molar-refractivity contribution in [3.05, 3.63) is 143 Å². The number of carboxylic acid groups (broad SMARTS) is 2. The van der Waals surface area contributed by atoms with E-state index >= 15 is 0 Å². The zero-order chi connectivity index (χ0) is 52.4. The number of carbonyl (C=O) groups is 2. The van der Waals surface area contributed by atoms with Crippen LogP contribution in [0.3, 0.4) is 0 Å². The molecule has 12 nitrogen and oxygen atoms in total. The summed E-state index contributed by atoms with van der Waals surface area (Å²) in [6.07, 6.45) is 18.8. The number of benzene rings is 4. The summed E-state index contributed by atoms with van der Waals surface area (Å²) < 4.78 is 11.8. The number of halogens is 2. The molecule has 0 heterocycles. The summed E-state index contributed by atoms with van der Waals surface area (Å²) in [4.78, 5) is 48.0. The molecule has 4 aromatic rings.